The molecule has 0 atom stereocenters. The molecule has 0 saturated carbocycles. The fourth-order valence-electron chi connectivity index (χ4n) is 0.0934. The van der Waals surface area contributed by atoms with Crippen molar-refractivity contribution in [3.8, 4) is 5.40 Å². The normalized spacial score (nSPS) is 7.33. The minimum absolute atomic E-state index is 0.720. The van der Waals surface area contributed by atoms with Gasteiger partial charge in [0.2, 0.25) is 0 Å². The lowest BCUT2D eigenvalue weighted by Crippen LogP contribution is -1.86. The van der Waals surface area contributed by atoms with Gasteiger partial charge in [0.15, 0.2) is 5.40 Å². The van der Waals surface area contributed by atoms with Crippen LogP contribution in [0.3, 0.4) is 0 Å². The summed E-state index contributed by atoms with van der Waals surface area (Å²) in [5.74, 6) is 0. The number of thiocyanates is 1. The lowest BCUT2D eigenvalue weighted by molar-refractivity contribution is 1.02. The lowest BCUT2D eigenvalue weighted by atomic mass is 10.8. The first-order chi connectivity index (χ1) is 2.91. The monoisotopic (exact) mass is 101 g/mol. The molecule has 33 valence electrons. The van der Waals surface area contributed by atoms with Gasteiger partial charge in [-0.2, -0.15) is 9.98 Å². The van der Waals surface area contributed by atoms with Gasteiger partial charge in [-0.1, -0.05) is 0 Å². The zero-order chi connectivity index (χ0) is 4.83. The molecule has 6 heavy (non-hydrogen) atoms. The van der Waals surface area contributed by atoms with E-state index >= 15 is 0 Å². The van der Waals surface area contributed by atoms with E-state index in [1.165, 1.54) is 0 Å². The molecule has 1 radical (unpaired) electrons. The molecule has 0 saturated heterocycles. The van der Waals surface area contributed by atoms with Crippen molar-refractivity contribution in [3.63, 3.8) is 0 Å². The first-order valence-electron chi connectivity index (χ1n) is 1.63. The molecule has 0 N–H and O–H groups in total. The van der Waals surface area contributed by atoms with E-state index < -0.39 is 0 Å². The van der Waals surface area contributed by atoms with E-state index in [2.05, 4.69) is 4.72 Å². The Hall–Kier alpha value is -0.200. The van der Waals surface area contributed by atoms with Crippen LogP contribution in [0.4, 0.5) is 0 Å². The van der Waals surface area contributed by atoms with Gasteiger partial charge in [0.25, 0.3) is 0 Å². The predicted octanol–water partition coefficient (Wildman–Crippen LogP) is 0.740. The van der Waals surface area contributed by atoms with Crippen molar-refractivity contribution in [2.45, 2.75) is 6.92 Å². The van der Waals surface area contributed by atoms with E-state index in [0.29, 0.717) is 0 Å². The Kier molecular flexibility index (Phi) is 4.64. The van der Waals surface area contributed by atoms with Crippen molar-refractivity contribution in [2.24, 2.45) is 0 Å². The second kappa shape index (κ2) is 4.80. The fourth-order valence-corrected chi connectivity index (χ4v) is 0.280. The van der Waals surface area contributed by atoms with Crippen molar-refractivity contribution in [1.29, 1.82) is 5.26 Å². The fraction of sp³-hybridized carbons (Fsp3) is 0.667. The highest BCUT2D eigenvalue weighted by Crippen LogP contribution is 1.85. The highest BCUT2D eigenvalue weighted by atomic mass is 32.2. The van der Waals surface area contributed by atoms with Crippen molar-refractivity contribution in [3.05, 3.63) is 0 Å². The van der Waals surface area contributed by atoms with Gasteiger partial charge < -0.3 is 0 Å². The quantitative estimate of drug-likeness (QED) is 0.292. The van der Waals surface area contributed by atoms with Crippen molar-refractivity contribution in [2.75, 3.05) is 6.54 Å². The van der Waals surface area contributed by atoms with E-state index in [1.54, 1.807) is 0 Å². The summed E-state index contributed by atoms with van der Waals surface area (Å²) in [7, 11) is 0. The van der Waals surface area contributed by atoms with Crippen LogP contribution in [-0.2, 0) is 0 Å². The SMILES string of the molecule is CC[N]SC#N. The number of hydrogen-bond acceptors (Lipinski definition) is 2. The molecule has 0 heterocycles. The van der Waals surface area contributed by atoms with Crippen molar-refractivity contribution >= 4 is 11.9 Å². The Morgan fingerprint density at radius 1 is 2.00 bits per heavy atom. The Morgan fingerprint density at radius 2 is 2.67 bits per heavy atom. The van der Waals surface area contributed by atoms with Crippen molar-refractivity contribution in [1.82, 2.24) is 4.72 Å². The van der Waals surface area contributed by atoms with Crippen LogP contribution in [0.1, 0.15) is 6.92 Å². The second-order valence-corrected chi connectivity index (χ2v) is 1.25. The van der Waals surface area contributed by atoms with Gasteiger partial charge in [0.1, 0.15) is 0 Å². The Morgan fingerprint density at radius 3 is 2.83 bits per heavy atom. The predicted molar refractivity (Wildman–Crippen MR) is 25.9 cm³/mol. The topological polar surface area (TPSA) is 37.9 Å². The van der Waals surface area contributed by atoms with Gasteiger partial charge in [-0.3, -0.25) is 0 Å². The van der Waals surface area contributed by atoms with E-state index in [-0.39, 0.29) is 0 Å². The molecule has 0 aromatic rings. The lowest BCUT2D eigenvalue weighted by Gasteiger charge is -1.78. The van der Waals surface area contributed by atoms with Crippen LogP contribution in [-0.4, -0.2) is 6.54 Å². The Labute approximate surface area is 41.7 Å². The number of nitriles is 1. The van der Waals surface area contributed by atoms with Crippen LogP contribution in [0.25, 0.3) is 0 Å². The average molecular weight is 101 g/mol. The highest BCUT2D eigenvalue weighted by Gasteiger charge is 1.74. The molecule has 0 amide bonds. The largest absolute Gasteiger partial charge is 0.184 e. The summed E-state index contributed by atoms with van der Waals surface area (Å²) in [4.78, 5) is 0. The molecule has 0 aliphatic rings. The summed E-state index contributed by atoms with van der Waals surface area (Å²) in [6.45, 7) is 2.61. The minimum atomic E-state index is 0.720. The summed E-state index contributed by atoms with van der Waals surface area (Å²) in [5, 5.41) is 9.64. The summed E-state index contributed by atoms with van der Waals surface area (Å²) < 4.78 is 3.65. The van der Waals surface area contributed by atoms with Crippen LogP contribution in [0.15, 0.2) is 0 Å². The molecule has 0 spiro atoms. The molecule has 0 aromatic heterocycles. The van der Waals surface area contributed by atoms with E-state index in [0.717, 1.165) is 18.5 Å². The maximum Gasteiger partial charge on any atom is 0.151 e. The zero-order valence-electron chi connectivity index (χ0n) is 3.51. The van der Waals surface area contributed by atoms with Crippen molar-refractivity contribution < 1.29 is 0 Å². The first kappa shape index (κ1) is 5.80. The van der Waals surface area contributed by atoms with E-state index in [1.807, 2.05) is 12.3 Å². The molecule has 0 rings (SSSR count). The summed E-state index contributed by atoms with van der Waals surface area (Å²) in [6, 6.07) is 0. The van der Waals surface area contributed by atoms with E-state index in [4.69, 9.17) is 5.26 Å². The number of rotatable bonds is 2. The second-order valence-electron chi connectivity index (χ2n) is 0.628. The molecule has 0 unspecified atom stereocenters. The van der Waals surface area contributed by atoms with Gasteiger partial charge in [-0.15, -0.1) is 0 Å². The molecule has 0 fully saturated rings. The molecule has 0 aliphatic carbocycles. The van der Waals surface area contributed by atoms with Crippen LogP contribution >= 0.6 is 11.9 Å². The van der Waals surface area contributed by atoms with Crippen LogP contribution in [0.5, 0.6) is 0 Å². The number of nitrogens with zero attached hydrogens (tertiary/aromatic N) is 2. The molecule has 0 bridgehead atoms. The third-order valence-electron chi connectivity index (χ3n) is 0.234. The van der Waals surface area contributed by atoms with Gasteiger partial charge in [-0.05, 0) is 6.92 Å². The first-order valence-corrected chi connectivity index (χ1v) is 2.41. The van der Waals surface area contributed by atoms with Gasteiger partial charge >= 0.3 is 0 Å². The van der Waals surface area contributed by atoms with Crippen LogP contribution < -0.4 is 4.72 Å². The maximum absolute atomic E-state index is 7.82. The standard InChI is InChI=1S/C3H5N2S/c1-2-5-6-3-4/h2H2,1H3. The van der Waals surface area contributed by atoms with Crippen LogP contribution in [0.2, 0.25) is 0 Å². The summed E-state index contributed by atoms with van der Waals surface area (Å²) in [5.41, 5.74) is 0. The molecular formula is C3H5N2S. The highest BCUT2D eigenvalue weighted by molar-refractivity contribution is 8.01. The summed E-state index contributed by atoms with van der Waals surface area (Å²) >= 11 is 0.939. The van der Waals surface area contributed by atoms with Crippen LogP contribution in [0, 0.1) is 10.7 Å². The van der Waals surface area contributed by atoms with Gasteiger partial charge in [-0.25, -0.2) is 0 Å². The molecule has 3 heteroatoms. The molecule has 2 nitrogen and oxygen atoms in total. The zero-order valence-corrected chi connectivity index (χ0v) is 4.33. The Bertz CT molecular complexity index is 56.3. The molecule has 0 aliphatic heterocycles. The third kappa shape index (κ3) is 3.80. The molecular weight excluding hydrogens is 96.1 g/mol. The third-order valence-corrected chi connectivity index (χ3v) is 0.703. The number of hydrogen-bond donors (Lipinski definition) is 0. The van der Waals surface area contributed by atoms with Gasteiger partial charge in [0, 0.05) is 6.54 Å². The molecule has 0 aromatic carbocycles. The Balaban J connectivity index is 2.54. The maximum atomic E-state index is 7.82. The minimum Gasteiger partial charge on any atom is -0.184 e. The van der Waals surface area contributed by atoms with E-state index in [9.17, 15) is 0 Å². The average Bonchev–Trinajstić information content (AvgIpc) is 1.61. The van der Waals surface area contributed by atoms with Gasteiger partial charge in [0.05, 0.1) is 11.9 Å². The summed E-state index contributed by atoms with van der Waals surface area (Å²) in [6.07, 6.45) is 0. The smallest absolute Gasteiger partial charge is 0.151 e.